The first-order valence-corrected chi connectivity index (χ1v) is 8.71. The van der Waals surface area contributed by atoms with E-state index in [9.17, 15) is 4.79 Å². The van der Waals surface area contributed by atoms with Crippen LogP contribution in [0.3, 0.4) is 0 Å². The van der Waals surface area contributed by atoms with Gasteiger partial charge in [0.25, 0.3) is 0 Å². The maximum atomic E-state index is 12.8. The Bertz CT molecular complexity index is 742. The monoisotopic (exact) mass is 326 g/mol. The standard InChI is InChI=1S/C18H22N4O2/c1-2-16-19-18(20-24-16)15-8-5-10-21(15)12-17(23)22-11-9-13-6-3-4-7-14(13)22/h3-4,6-7,15H,2,5,8-12H2,1H3/t15-/m0/s1. The average molecular weight is 326 g/mol. The summed E-state index contributed by atoms with van der Waals surface area (Å²) in [4.78, 5) is 21.4. The van der Waals surface area contributed by atoms with Crippen LogP contribution in [0.15, 0.2) is 28.8 Å². The van der Waals surface area contributed by atoms with E-state index >= 15 is 0 Å². The maximum absolute atomic E-state index is 12.8. The molecule has 6 heteroatoms. The SMILES string of the molecule is CCc1nc([C@@H]2CCCN2CC(=O)N2CCc3ccccc32)no1. The van der Waals surface area contributed by atoms with Crippen molar-refractivity contribution in [1.82, 2.24) is 15.0 Å². The van der Waals surface area contributed by atoms with Crippen molar-refractivity contribution in [3.63, 3.8) is 0 Å². The Balaban J connectivity index is 1.47. The van der Waals surface area contributed by atoms with E-state index in [2.05, 4.69) is 21.1 Å². The van der Waals surface area contributed by atoms with Crippen LogP contribution in [0.5, 0.6) is 0 Å². The van der Waals surface area contributed by atoms with Gasteiger partial charge < -0.3 is 9.42 Å². The number of hydrogen-bond donors (Lipinski definition) is 0. The molecule has 4 rings (SSSR count). The van der Waals surface area contributed by atoms with Gasteiger partial charge >= 0.3 is 0 Å². The molecule has 2 aliphatic rings. The second-order valence-corrected chi connectivity index (χ2v) is 6.45. The van der Waals surface area contributed by atoms with E-state index in [1.807, 2.05) is 30.0 Å². The molecule has 1 atom stereocenters. The molecule has 1 aromatic heterocycles. The highest BCUT2D eigenvalue weighted by molar-refractivity contribution is 5.96. The van der Waals surface area contributed by atoms with Gasteiger partial charge in [-0.3, -0.25) is 9.69 Å². The summed E-state index contributed by atoms with van der Waals surface area (Å²) < 4.78 is 5.24. The van der Waals surface area contributed by atoms with Gasteiger partial charge in [0.2, 0.25) is 11.8 Å². The summed E-state index contributed by atoms with van der Waals surface area (Å²) in [6.07, 6.45) is 3.72. The molecule has 24 heavy (non-hydrogen) atoms. The zero-order valence-electron chi connectivity index (χ0n) is 13.9. The molecule has 0 radical (unpaired) electrons. The third kappa shape index (κ3) is 2.71. The smallest absolute Gasteiger partial charge is 0.241 e. The fraction of sp³-hybridized carbons (Fsp3) is 0.500. The molecule has 6 nitrogen and oxygen atoms in total. The first-order chi connectivity index (χ1) is 11.8. The van der Waals surface area contributed by atoms with Gasteiger partial charge in [0, 0.05) is 18.7 Å². The number of likely N-dealkylation sites (tertiary alicyclic amines) is 1. The molecule has 2 aliphatic heterocycles. The fourth-order valence-corrected chi connectivity index (χ4v) is 3.71. The number of anilines is 1. The summed E-state index contributed by atoms with van der Waals surface area (Å²) in [6, 6.07) is 8.26. The van der Waals surface area contributed by atoms with E-state index in [0.29, 0.717) is 12.4 Å². The van der Waals surface area contributed by atoms with Crippen molar-refractivity contribution in [3.05, 3.63) is 41.5 Å². The molecular weight excluding hydrogens is 304 g/mol. The lowest BCUT2D eigenvalue weighted by Crippen LogP contribution is -2.39. The topological polar surface area (TPSA) is 62.5 Å². The van der Waals surface area contributed by atoms with Gasteiger partial charge in [-0.25, -0.2) is 0 Å². The van der Waals surface area contributed by atoms with Crippen LogP contribution in [-0.4, -0.2) is 40.6 Å². The molecule has 0 aliphatic carbocycles. The van der Waals surface area contributed by atoms with Gasteiger partial charge in [-0.05, 0) is 37.4 Å². The van der Waals surface area contributed by atoms with Gasteiger partial charge in [0.15, 0.2) is 5.82 Å². The van der Waals surface area contributed by atoms with Crippen LogP contribution in [0.1, 0.15) is 43.1 Å². The van der Waals surface area contributed by atoms with Crippen LogP contribution in [-0.2, 0) is 17.6 Å². The number of nitrogens with zero attached hydrogens (tertiary/aromatic N) is 4. The minimum absolute atomic E-state index is 0.0934. The molecular formula is C18H22N4O2. The number of carbonyl (C=O) groups is 1. The number of hydrogen-bond acceptors (Lipinski definition) is 5. The first-order valence-electron chi connectivity index (χ1n) is 8.71. The van der Waals surface area contributed by atoms with Crippen LogP contribution in [0.4, 0.5) is 5.69 Å². The van der Waals surface area contributed by atoms with Crippen molar-refractivity contribution in [2.24, 2.45) is 0 Å². The van der Waals surface area contributed by atoms with Crippen molar-refractivity contribution >= 4 is 11.6 Å². The zero-order valence-corrected chi connectivity index (χ0v) is 13.9. The van der Waals surface area contributed by atoms with Gasteiger partial charge in [-0.15, -0.1) is 0 Å². The van der Waals surface area contributed by atoms with E-state index in [0.717, 1.165) is 50.3 Å². The van der Waals surface area contributed by atoms with Crippen LogP contribution in [0.25, 0.3) is 0 Å². The number of aryl methyl sites for hydroxylation is 1. The highest BCUT2D eigenvalue weighted by Gasteiger charge is 2.33. The lowest BCUT2D eigenvalue weighted by atomic mass is 10.2. The van der Waals surface area contributed by atoms with E-state index < -0.39 is 0 Å². The normalized spacial score (nSPS) is 20.5. The van der Waals surface area contributed by atoms with Gasteiger partial charge in [-0.2, -0.15) is 4.98 Å². The zero-order chi connectivity index (χ0) is 16.5. The molecule has 1 amide bonds. The lowest BCUT2D eigenvalue weighted by molar-refractivity contribution is -0.119. The summed E-state index contributed by atoms with van der Waals surface area (Å²) in [5.74, 6) is 1.54. The molecule has 0 saturated carbocycles. The quantitative estimate of drug-likeness (QED) is 0.863. The van der Waals surface area contributed by atoms with Crippen LogP contribution in [0, 0.1) is 0 Å². The Morgan fingerprint density at radius 1 is 1.33 bits per heavy atom. The van der Waals surface area contributed by atoms with Gasteiger partial charge in [0.05, 0.1) is 12.6 Å². The molecule has 0 spiro atoms. The van der Waals surface area contributed by atoms with Crippen molar-refractivity contribution in [3.8, 4) is 0 Å². The minimum Gasteiger partial charge on any atom is -0.339 e. The first kappa shape index (κ1) is 15.3. The minimum atomic E-state index is 0.0934. The van der Waals surface area contributed by atoms with E-state index in [1.54, 1.807) is 0 Å². The van der Waals surface area contributed by atoms with Crippen molar-refractivity contribution in [2.45, 2.75) is 38.6 Å². The Morgan fingerprint density at radius 2 is 2.21 bits per heavy atom. The summed E-state index contributed by atoms with van der Waals surface area (Å²) >= 11 is 0. The largest absolute Gasteiger partial charge is 0.339 e. The molecule has 2 aromatic rings. The predicted molar refractivity (Wildman–Crippen MR) is 89.7 cm³/mol. The summed E-state index contributed by atoms with van der Waals surface area (Å²) in [5, 5.41) is 4.11. The number of amides is 1. The predicted octanol–water partition coefficient (Wildman–Crippen LogP) is 2.36. The molecule has 0 N–H and O–H groups in total. The Kier molecular flexibility index (Phi) is 4.06. The van der Waals surface area contributed by atoms with E-state index in [-0.39, 0.29) is 11.9 Å². The second-order valence-electron chi connectivity index (χ2n) is 6.45. The third-order valence-electron chi connectivity index (χ3n) is 4.97. The van der Waals surface area contributed by atoms with Gasteiger partial charge in [-0.1, -0.05) is 30.3 Å². The van der Waals surface area contributed by atoms with Crippen LogP contribution < -0.4 is 4.90 Å². The molecule has 126 valence electrons. The molecule has 0 unspecified atom stereocenters. The number of aromatic nitrogens is 2. The summed E-state index contributed by atoms with van der Waals surface area (Å²) in [6.45, 7) is 4.09. The van der Waals surface area contributed by atoms with Crippen molar-refractivity contribution < 1.29 is 9.32 Å². The van der Waals surface area contributed by atoms with E-state index in [4.69, 9.17) is 4.52 Å². The number of benzene rings is 1. The van der Waals surface area contributed by atoms with Crippen LogP contribution >= 0.6 is 0 Å². The molecule has 1 aromatic carbocycles. The highest BCUT2D eigenvalue weighted by atomic mass is 16.5. The fourth-order valence-electron chi connectivity index (χ4n) is 3.71. The molecule has 0 bridgehead atoms. The second kappa shape index (κ2) is 6.36. The molecule has 1 saturated heterocycles. The summed E-state index contributed by atoms with van der Waals surface area (Å²) in [7, 11) is 0. The average Bonchev–Trinajstić information content (AvgIpc) is 3.33. The van der Waals surface area contributed by atoms with E-state index in [1.165, 1.54) is 5.56 Å². The number of para-hydroxylation sites is 1. The third-order valence-corrected chi connectivity index (χ3v) is 4.97. The van der Waals surface area contributed by atoms with Crippen molar-refractivity contribution in [2.75, 3.05) is 24.5 Å². The molecule has 3 heterocycles. The van der Waals surface area contributed by atoms with Crippen LogP contribution in [0.2, 0.25) is 0 Å². The number of carbonyl (C=O) groups excluding carboxylic acids is 1. The van der Waals surface area contributed by atoms with Gasteiger partial charge in [0.1, 0.15) is 0 Å². The maximum Gasteiger partial charge on any atom is 0.241 e. The number of rotatable bonds is 4. The highest BCUT2D eigenvalue weighted by Crippen LogP contribution is 2.32. The lowest BCUT2D eigenvalue weighted by Gasteiger charge is -2.25. The Morgan fingerprint density at radius 3 is 3.04 bits per heavy atom. The number of fused-ring (bicyclic) bond motifs is 1. The van der Waals surface area contributed by atoms with Crippen molar-refractivity contribution in [1.29, 1.82) is 0 Å². The summed E-state index contributed by atoms with van der Waals surface area (Å²) in [5.41, 5.74) is 2.32. The Labute approximate surface area is 141 Å². The Hall–Kier alpha value is -2.21. The molecule has 1 fully saturated rings.